The Balaban J connectivity index is 1.90. The molecule has 0 aromatic heterocycles. The van der Waals surface area contributed by atoms with Crippen LogP contribution in [0.15, 0.2) is 0 Å². The molecule has 1 saturated heterocycles. The fraction of sp³-hybridized carbons (Fsp3) is 0.917. The van der Waals surface area contributed by atoms with E-state index < -0.39 is 0 Å². The summed E-state index contributed by atoms with van der Waals surface area (Å²) in [4.78, 5) is 11.3. The second-order valence-electron chi connectivity index (χ2n) is 4.09. The van der Waals surface area contributed by atoms with Gasteiger partial charge in [0.15, 0.2) is 0 Å². The monoisotopic (exact) mass is 261 g/mol. The molecule has 0 aromatic rings. The molecule has 0 spiro atoms. The van der Waals surface area contributed by atoms with E-state index in [1.54, 1.807) is 7.11 Å². The molecule has 106 valence electrons. The first-order chi connectivity index (χ1) is 8.83. The summed E-state index contributed by atoms with van der Waals surface area (Å²) in [6, 6.07) is 0. The van der Waals surface area contributed by atoms with Gasteiger partial charge in [0.05, 0.1) is 25.9 Å². The fourth-order valence-electron chi connectivity index (χ4n) is 1.65. The topological polar surface area (TPSA) is 66.0 Å². The van der Waals surface area contributed by atoms with Crippen molar-refractivity contribution < 1.29 is 23.7 Å². The molecule has 18 heavy (non-hydrogen) atoms. The number of rotatable bonds is 9. The second kappa shape index (κ2) is 10.3. The van der Waals surface area contributed by atoms with Gasteiger partial charge in [0.2, 0.25) is 0 Å². The molecule has 0 radical (unpaired) electrons. The van der Waals surface area contributed by atoms with Crippen LogP contribution in [-0.4, -0.2) is 65.3 Å². The van der Waals surface area contributed by atoms with E-state index in [4.69, 9.17) is 18.9 Å². The van der Waals surface area contributed by atoms with E-state index in [2.05, 4.69) is 5.32 Å². The fourth-order valence-corrected chi connectivity index (χ4v) is 1.65. The second-order valence-corrected chi connectivity index (χ2v) is 4.09. The minimum Gasteiger partial charge on any atom is -0.462 e. The van der Waals surface area contributed by atoms with Gasteiger partial charge in [0.25, 0.3) is 0 Å². The Morgan fingerprint density at radius 2 is 1.89 bits per heavy atom. The van der Waals surface area contributed by atoms with Crippen molar-refractivity contribution in [2.24, 2.45) is 0 Å². The molecule has 0 unspecified atom stereocenters. The smallest absolute Gasteiger partial charge is 0.332 e. The summed E-state index contributed by atoms with van der Waals surface area (Å²) in [6.07, 6.45) is 2.08. The SMILES string of the molecule is COCCOCCOC(=O)COC1CCNCC1. The maximum Gasteiger partial charge on any atom is 0.332 e. The standard InChI is InChI=1S/C12H23NO5/c1-15-6-7-16-8-9-17-12(14)10-18-11-2-4-13-5-3-11/h11,13H,2-10H2,1H3. The molecular formula is C12H23NO5. The van der Waals surface area contributed by atoms with Gasteiger partial charge in [0.1, 0.15) is 13.2 Å². The number of carbonyl (C=O) groups excluding carboxylic acids is 1. The van der Waals surface area contributed by atoms with Crippen LogP contribution >= 0.6 is 0 Å². The summed E-state index contributed by atoms with van der Waals surface area (Å²) in [5.41, 5.74) is 0. The number of carbonyl (C=O) groups is 1. The zero-order valence-corrected chi connectivity index (χ0v) is 11.0. The van der Waals surface area contributed by atoms with Gasteiger partial charge in [-0.25, -0.2) is 4.79 Å². The first-order valence-electron chi connectivity index (χ1n) is 6.37. The maximum atomic E-state index is 11.3. The molecule has 0 saturated carbocycles. The first-order valence-corrected chi connectivity index (χ1v) is 6.37. The Kier molecular flexibility index (Phi) is 8.75. The molecule has 1 heterocycles. The van der Waals surface area contributed by atoms with E-state index in [1.807, 2.05) is 0 Å². The summed E-state index contributed by atoms with van der Waals surface area (Å²) < 4.78 is 20.4. The molecule has 1 N–H and O–H groups in total. The van der Waals surface area contributed by atoms with Crippen molar-refractivity contribution in [3.63, 3.8) is 0 Å². The van der Waals surface area contributed by atoms with E-state index in [0.717, 1.165) is 25.9 Å². The van der Waals surface area contributed by atoms with Crippen LogP contribution in [-0.2, 0) is 23.7 Å². The van der Waals surface area contributed by atoms with Crippen molar-refractivity contribution in [3.8, 4) is 0 Å². The highest BCUT2D eigenvalue weighted by molar-refractivity contribution is 5.70. The van der Waals surface area contributed by atoms with Crippen molar-refractivity contribution in [2.75, 3.05) is 53.2 Å². The van der Waals surface area contributed by atoms with Crippen molar-refractivity contribution >= 4 is 5.97 Å². The summed E-state index contributed by atoms with van der Waals surface area (Å²) in [5.74, 6) is -0.330. The molecule has 0 amide bonds. The quantitative estimate of drug-likeness (QED) is 0.464. The zero-order chi connectivity index (χ0) is 13.1. The minimum absolute atomic E-state index is 0.0305. The molecule has 1 rings (SSSR count). The predicted molar refractivity (Wildman–Crippen MR) is 65.5 cm³/mol. The number of piperidine rings is 1. The lowest BCUT2D eigenvalue weighted by molar-refractivity contribution is -0.153. The number of methoxy groups -OCH3 is 1. The molecule has 0 aliphatic carbocycles. The average Bonchev–Trinajstić information content (AvgIpc) is 2.41. The highest BCUT2D eigenvalue weighted by atomic mass is 16.6. The highest BCUT2D eigenvalue weighted by Gasteiger charge is 2.15. The summed E-state index contributed by atoms with van der Waals surface area (Å²) in [5, 5.41) is 3.24. The number of nitrogens with one attached hydrogen (secondary N) is 1. The zero-order valence-electron chi connectivity index (χ0n) is 11.0. The van der Waals surface area contributed by atoms with Crippen molar-refractivity contribution in [1.82, 2.24) is 5.32 Å². The van der Waals surface area contributed by atoms with E-state index in [1.165, 1.54) is 0 Å². The van der Waals surface area contributed by atoms with E-state index in [0.29, 0.717) is 19.8 Å². The summed E-state index contributed by atoms with van der Waals surface area (Å²) in [7, 11) is 1.61. The molecule has 6 heteroatoms. The van der Waals surface area contributed by atoms with Gasteiger partial charge in [-0.15, -0.1) is 0 Å². The molecule has 0 aromatic carbocycles. The van der Waals surface area contributed by atoms with Crippen LogP contribution in [0.1, 0.15) is 12.8 Å². The molecule has 0 atom stereocenters. The Labute approximate surface area is 108 Å². The van der Waals surface area contributed by atoms with Gasteiger partial charge in [0, 0.05) is 7.11 Å². The number of ether oxygens (including phenoxy) is 4. The van der Waals surface area contributed by atoms with Gasteiger partial charge < -0.3 is 24.3 Å². The lowest BCUT2D eigenvalue weighted by atomic mass is 10.1. The third-order valence-electron chi connectivity index (χ3n) is 2.65. The lowest BCUT2D eigenvalue weighted by Crippen LogP contribution is -2.33. The number of esters is 1. The van der Waals surface area contributed by atoms with Crippen molar-refractivity contribution in [2.45, 2.75) is 18.9 Å². The van der Waals surface area contributed by atoms with Crippen LogP contribution < -0.4 is 5.32 Å². The predicted octanol–water partition coefficient (Wildman–Crippen LogP) is -0.0388. The third kappa shape index (κ3) is 7.60. The summed E-state index contributed by atoms with van der Waals surface area (Å²) >= 11 is 0. The van der Waals surface area contributed by atoms with Crippen LogP contribution in [0.3, 0.4) is 0 Å². The number of hydrogen-bond acceptors (Lipinski definition) is 6. The Morgan fingerprint density at radius 1 is 1.17 bits per heavy atom. The third-order valence-corrected chi connectivity index (χ3v) is 2.65. The average molecular weight is 261 g/mol. The summed E-state index contributed by atoms with van der Waals surface area (Å²) in [6.45, 7) is 3.65. The molecule has 6 nitrogen and oxygen atoms in total. The van der Waals surface area contributed by atoms with Crippen molar-refractivity contribution in [3.05, 3.63) is 0 Å². The van der Waals surface area contributed by atoms with Crippen LogP contribution in [0.2, 0.25) is 0 Å². The number of hydrogen-bond donors (Lipinski definition) is 1. The Bertz CT molecular complexity index is 219. The van der Waals surface area contributed by atoms with Gasteiger partial charge >= 0.3 is 5.97 Å². The largest absolute Gasteiger partial charge is 0.462 e. The molecular weight excluding hydrogens is 238 g/mol. The van der Waals surface area contributed by atoms with Crippen LogP contribution in [0.25, 0.3) is 0 Å². The highest BCUT2D eigenvalue weighted by Crippen LogP contribution is 2.06. The Hall–Kier alpha value is -0.690. The molecule has 1 fully saturated rings. The lowest BCUT2D eigenvalue weighted by Gasteiger charge is -2.22. The van der Waals surface area contributed by atoms with E-state index in [9.17, 15) is 4.79 Å². The van der Waals surface area contributed by atoms with Gasteiger partial charge in [-0.2, -0.15) is 0 Å². The van der Waals surface area contributed by atoms with Crippen molar-refractivity contribution in [1.29, 1.82) is 0 Å². The van der Waals surface area contributed by atoms with E-state index in [-0.39, 0.29) is 25.3 Å². The van der Waals surface area contributed by atoms with Gasteiger partial charge in [-0.05, 0) is 25.9 Å². The minimum atomic E-state index is -0.330. The molecule has 1 aliphatic rings. The van der Waals surface area contributed by atoms with Crippen LogP contribution in [0, 0.1) is 0 Å². The van der Waals surface area contributed by atoms with Gasteiger partial charge in [-0.1, -0.05) is 0 Å². The van der Waals surface area contributed by atoms with Gasteiger partial charge in [-0.3, -0.25) is 0 Å². The van der Waals surface area contributed by atoms with E-state index >= 15 is 0 Å². The maximum absolute atomic E-state index is 11.3. The van der Waals surface area contributed by atoms with Crippen LogP contribution in [0.4, 0.5) is 0 Å². The molecule has 1 aliphatic heterocycles. The molecule has 0 bridgehead atoms. The normalized spacial score (nSPS) is 16.7. The first kappa shape index (κ1) is 15.4. The van der Waals surface area contributed by atoms with Crippen LogP contribution in [0.5, 0.6) is 0 Å². The Morgan fingerprint density at radius 3 is 2.61 bits per heavy atom.